The molecular weight excluding hydrogens is 292 g/mol. The lowest BCUT2D eigenvalue weighted by Crippen LogP contribution is -2.32. The van der Waals surface area contributed by atoms with Crippen LogP contribution in [-0.4, -0.2) is 18.4 Å². The molecule has 0 spiro atoms. The summed E-state index contributed by atoms with van der Waals surface area (Å²) < 4.78 is 28.6. The Kier molecular flexibility index (Phi) is 2.82. The summed E-state index contributed by atoms with van der Waals surface area (Å²) in [6.45, 7) is -2.90. The molecule has 1 saturated heterocycles. The number of carbonyl (C=O) groups excluding carboxylic acids is 2. The van der Waals surface area contributed by atoms with Crippen molar-refractivity contribution < 1.29 is 23.1 Å². The Hall–Kier alpha value is -2.24. The minimum Gasteiger partial charge on any atom is -0.435 e. The lowest BCUT2D eigenvalue weighted by atomic mass is 9.85. The standard InChI is InChI=1S/C16H13F2NO3/c17-16(18)22-11-5-3-10(4-6-11)19-14(20)12-8-1-2-9(7-8)13(12)15(19)21/h1-6,8-9,12-13,16H,7H2/t8-,9-,12-,13+/m0/s1. The van der Waals surface area contributed by atoms with Gasteiger partial charge < -0.3 is 4.74 Å². The minimum atomic E-state index is -2.90. The van der Waals surface area contributed by atoms with Gasteiger partial charge in [-0.3, -0.25) is 14.5 Å². The molecule has 22 heavy (non-hydrogen) atoms. The lowest BCUT2D eigenvalue weighted by Gasteiger charge is -2.17. The molecule has 0 unspecified atom stereocenters. The fourth-order valence-electron chi connectivity index (χ4n) is 3.93. The summed E-state index contributed by atoms with van der Waals surface area (Å²) in [5.41, 5.74) is 0.408. The van der Waals surface area contributed by atoms with E-state index < -0.39 is 6.61 Å². The summed E-state index contributed by atoms with van der Waals surface area (Å²) in [7, 11) is 0. The van der Waals surface area contributed by atoms with Crippen molar-refractivity contribution in [2.75, 3.05) is 4.90 Å². The van der Waals surface area contributed by atoms with E-state index in [1.54, 1.807) is 0 Å². The van der Waals surface area contributed by atoms with Crippen LogP contribution in [0.25, 0.3) is 0 Å². The fraction of sp³-hybridized carbons (Fsp3) is 0.375. The number of hydrogen-bond donors (Lipinski definition) is 0. The van der Waals surface area contributed by atoms with E-state index in [1.165, 1.54) is 29.2 Å². The monoisotopic (exact) mass is 305 g/mol. The van der Waals surface area contributed by atoms with Crippen molar-refractivity contribution in [3.63, 3.8) is 0 Å². The van der Waals surface area contributed by atoms with Gasteiger partial charge in [0.05, 0.1) is 17.5 Å². The SMILES string of the molecule is O=C1[C@@H]2[C@H](C(=O)N1c1ccc(OC(F)F)cc1)[C@H]1C=C[C@H]2C1. The number of imide groups is 1. The molecule has 4 atom stereocenters. The van der Waals surface area contributed by atoms with E-state index in [-0.39, 0.29) is 41.2 Å². The Morgan fingerprint density at radius 1 is 1.00 bits per heavy atom. The van der Waals surface area contributed by atoms with E-state index in [2.05, 4.69) is 4.74 Å². The highest BCUT2D eigenvalue weighted by atomic mass is 19.3. The van der Waals surface area contributed by atoms with Gasteiger partial charge in [-0.05, 0) is 42.5 Å². The Bertz CT molecular complexity index is 640. The number of hydrogen-bond acceptors (Lipinski definition) is 3. The highest BCUT2D eigenvalue weighted by molar-refractivity contribution is 6.22. The first kappa shape index (κ1) is 13.4. The van der Waals surface area contributed by atoms with Gasteiger partial charge in [0.15, 0.2) is 0 Å². The van der Waals surface area contributed by atoms with E-state index in [0.29, 0.717) is 5.69 Å². The van der Waals surface area contributed by atoms with Gasteiger partial charge in [-0.2, -0.15) is 8.78 Å². The zero-order valence-electron chi connectivity index (χ0n) is 11.5. The third kappa shape index (κ3) is 1.79. The van der Waals surface area contributed by atoms with Crippen LogP contribution >= 0.6 is 0 Å². The number of allylic oxidation sites excluding steroid dienone is 2. The second-order valence-electron chi connectivity index (χ2n) is 5.88. The van der Waals surface area contributed by atoms with Gasteiger partial charge in [0.1, 0.15) is 5.75 Å². The molecule has 1 heterocycles. The van der Waals surface area contributed by atoms with Crippen molar-refractivity contribution >= 4 is 17.5 Å². The number of anilines is 1. The van der Waals surface area contributed by atoms with Gasteiger partial charge >= 0.3 is 6.61 Å². The van der Waals surface area contributed by atoms with E-state index in [9.17, 15) is 18.4 Å². The summed E-state index contributed by atoms with van der Waals surface area (Å²) in [6.07, 6.45) is 4.93. The average Bonchev–Trinajstić information content (AvgIpc) is 3.14. The molecule has 1 aliphatic heterocycles. The number of nitrogens with zero attached hydrogens (tertiary/aromatic N) is 1. The highest BCUT2D eigenvalue weighted by Crippen LogP contribution is 2.53. The van der Waals surface area contributed by atoms with E-state index >= 15 is 0 Å². The quantitative estimate of drug-likeness (QED) is 0.637. The van der Waals surface area contributed by atoms with Crippen LogP contribution < -0.4 is 9.64 Å². The Balaban J connectivity index is 1.61. The minimum absolute atomic E-state index is 0.000208. The normalized spacial score (nSPS) is 32.2. The van der Waals surface area contributed by atoms with Gasteiger partial charge in [-0.1, -0.05) is 12.2 Å². The van der Waals surface area contributed by atoms with Crippen molar-refractivity contribution in [2.24, 2.45) is 23.7 Å². The second-order valence-corrected chi connectivity index (χ2v) is 5.88. The van der Waals surface area contributed by atoms with E-state index in [0.717, 1.165) is 6.42 Å². The van der Waals surface area contributed by atoms with E-state index in [4.69, 9.17) is 0 Å². The van der Waals surface area contributed by atoms with Crippen molar-refractivity contribution in [2.45, 2.75) is 13.0 Å². The van der Waals surface area contributed by atoms with Gasteiger partial charge in [-0.15, -0.1) is 0 Å². The molecule has 2 fully saturated rings. The van der Waals surface area contributed by atoms with Crippen LogP contribution in [-0.2, 0) is 9.59 Å². The van der Waals surface area contributed by atoms with E-state index in [1.807, 2.05) is 12.2 Å². The van der Waals surface area contributed by atoms with Crippen LogP contribution in [0.2, 0.25) is 0 Å². The zero-order valence-corrected chi connectivity index (χ0v) is 11.5. The molecule has 2 amide bonds. The number of halogens is 2. The number of carbonyl (C=O) groups is 2. The number of ether oxygens (including phenoxy) is 1. The maximum Gasteiger partial charge on any atom is 0.387 e. The summed E-state index contributed by atoms with van der Waals surface area (Å²) in [4.78, 5) is 26.3. The second kappa shape index (κ2) is 4.63. The summed E-state index contributed by atoms with van der Waals surface area (Å²) in [5, 5.41) is 0. The van der Waals surface area contributed by atoms with Crippen molar-refractivity contribution in [3.05, 3.63) is 36.4 Å². The first-order valence-corrected chi connectivity index (χ1v) is 7.17. The van der Waals surface area contributed by atoms with Gasteiger partial charge in [0.2, 0.25) is 11.8 Å². The highest BCUT2D eigenvalue weighted by Gasteiger charge is 2.59. The Morgan fingerprint density at radius 3 is 2.05 bits per heavy atom. The number of rotatable bonds is 3. The zero-order chi connectivity index (χ0) is 15.4. The fourth-order valence-corrected chi connectivity index (χ4v) is 3.93. The van der Waals surface area contributed by atoms with Crippen LogP contribution in [0.15, 0.2) is 36.4 Å². The van der Waals surface area contributed by atoms with Crippen LogP contribution in [0.3, 0.4) is 0 Å². The molecule has 2 aliphatic carbocycles. The van der Waals surface area contributed by atoms with Crippen LogP contribution in [0, 0.1) is 23.7 Å². The predicted molar refractivity (Wildman–Crippen MR) is 73.3 cm³/mol. The molecule has 1 saturated carbocycles. The molecule has 6 heteroatoms. The molecule has 1 aromatic carbocycles. The molecule has 1 aromatic rings. The molecule has 0 aromatic heterocycles. The van der Waals surface area contributed by atoms with Crippen LogP contribution in [0.1, 0.15) is 6.42 Å². The number of amides is 2. The summed E-state index contributed by atoms with van der Waals surface area (Å²) in [6, 6.07) is 5.60. The first-order chi connectivity index (χ1) is 10.6. The van der Waals surface area contributed by atoms with Crippen molar-refractivity contribution in [1.29, 1.82) is 0 Å². The number of alkyl halides is 2. The smallest absolute Gasteiger partial charge is 0.387 e. The maximum atomic E-state index is 12.6. The van der Waals surface area contributed by atoms with Gasteiger partial charge in [-0.25, -0.2) is 0 Å². The molecular formula is C16H13F2NO3. The van der Waals surface area contributed by atoms with Gasteiger partial charge in [0.25, 0.3) is 0 Å². The third-order valence-corrected chi connectivity index (χ3v) is 4.79. The predicted octanol–water partition coefficient (Wildman–Crippen LogP) is 2.60. The summed E-state index contributed by atoms with van der Waals surface area (Å²) >= 11 is 0. The molecule has 114 valence electrons. The van der Waals surface area contributed by atoms with Crippen LogP contribution in [0.4, 0.5) is 14.5 Å². The molecule has 4 rings (SSSR count). The average molecular weight is 305 g/mol. The van der Waals surface area contributed by atoms with Crippen molar-refractivity contribution in [3.8, 4) is 5.75 Å². The Morgan fingerprint density at radius 2 is 1.55 bits per heavy atom. The topological polar surface area (TPSA) is 46.6 Å². The third-order valence-electron chi connectivity index (χ3n) is 4.79. The summed E-state index contributed by atoms with van der Waals surface area (Å²) in [5.74, 6) is -0.599. The van der Waals surface area contributed by atoms with Crippen LogP contribution in [0.5, 0.6) is 5.75 Å². The molecule has 2 bridgehead atoms. The molecule has 4 nitrogen and oxygen atoms in total. The van der Waals surface area contributed by atoms with Gasteiger partial charge in [0, 0.05) is 0 Å². The molecule has 3 aliphatic rings. The number of fused-ring (bicyclic) bond motifs is 5. The largest absolute Gasteiger partial charge is 0.435 e. The first-order valence-electron chi connectivity index (χ1n) is 7.17. The number of benzene rings is 1. The lowest BCUT2D eigenvalue weighted by molar-refractivity contribution is -0.123. The molecule has 0 N–H and O–H groups in total. The Labute approximate surface area is 125 Å². The molecule has 0 radical (unpaired) electrons. The van der Waals surface area contributed by atoms with Crippen molar-refractivity contribution in [1.82, 2.24) is 0 Å². The maximum absolute atomic E-state index is 12.6.